The third-order valence-electron chi connectivity index (χ3n) is 2.96. The van der Waals surface area contributed by atoms with Gasteiger partial charge in [0, 0.05) is 6.42 Å². The molecule has 0 saturated heterocycles. The lowest BCUT2D eigenvalue weighted by molar-refractivity contribution is -0.143. The molecule has 1 aliphatic rings. The van der Waals surface area contributed by atoms with Gasteiger partial charge in [-0.3, -0.25) is 4.79 Å². The molecule has 0 heterocycles. The predicted octanol–water partition coefficient (Wildman–Crippen LogP) is 0.663. The number of aliphatic carboxylic acids is 1. The number of carboxylic acid groups (broad SMARTS) is 1. The van der Waals surface area contributed by atoms with Gasteiger partial charge in [0.2, 0.25) is 0 Å². The molecule has 1 aromatic rings. The maximum absolute atomic E-state index is 11.0. The SMILES string of the molecule is NC1(C(=O)O)CCc2ccc(O)cc2C1. The van der Waals surface area contributed by atoms with Crippen molar-refractivity contribution in [2.24, 2.45) is 5.73 Å². The van der Waals surface area contributed by atoms with Gasteiger partial charge >= 0.3 is 5.97 Å². The van der Waals surface area contributed by atoms with Gasteiger partial charge in [-0.05, 0) is 36.1 Å². The molecule has 2 rings (SSSR count). The number of phenolic OH excluding ortho intramolecular Hbond substituents is 1. The van der Waals surface area contributed by atoms with Gasteiger partial charge in [0.15, 0.2) is 0 Å². The van der Waals surface area contributed by atoms with Gasteiger partial charge in [0.1, 0.15) is 11.3 Å². The smallest absolute Gasteiger partial charge is 0.324 e. The number of phenols is 1. The maximum Gasteiger partial charge on any atom is 0.324 e. The molecule has 1 aliphatic carbocycles. The first kappa shape index (κ1) is 9.98. The van der Waals surface area contributed by atoms with E-state index in [1.807, 2.05) is 6.07 Å². The van der Waals surface area contributed by atoms with E-state index in [-0.39, 0.29) is 12.2 Å². The number of aromatic hydroxyl groups is 1. The molecule has 0 fully saturated rings. The molecule has 0 spiro atoms. The van der Waals surface area contributed by atoms with E-state index in [1.165, 1.54) is 0 Å². The van der Waals surface area contributed by atoms with Crippen molar-refractivity contribution in [1.29, 1.82) is 0 Å². The fraction of sp³-hybridized carbons (Fsp3) is 0.364. The van der Waals surface area contributed by atoms with Crippen molar-refractivity contribution < 1.29 is 15.0 Å². The molecule has 4 N–H and O–H groups in total. The van der Waals surface area contributed by atoms with Crippen molar-refractivity contribution in [3.05, 3.63) is 29.3 Å². The van der Waals surface area contributed by atoms with Gasteiger partial charge in [-0.1, -0.05) is 6.07 Å². The Morgan fingerprint density at radius 3 is 2.80 bits per heavy atom. The molecule has 0 saturated carbocycles. The van der Waals surface area contributed by atoms with E-state index < -0.39 is 11.5 Å². The van der Waals surface area contributed by atoms with Crippen LogP contribution in [0.15, 0.2) is 18.2 Å². The molecule has 0 aliphatic heterocycles. The Bertz CT molecular complexity index is 416. The minimum atomic E-state index is -1.18. The molecule has 1 aromatic carbocycles. The van der Waals surface area contributed by atoms with Crippen molar-refractivity contribution in [3.63, 3.8) is 0 Å². The third-order valence-corrected chi connectivity index (χ3v) is 2.96. The predicted molar refractivity (Wildman–Crippen MR) is 54.7 cm³/mol. The number of hydrogen-bond donors (Lipinski definition) is 3. The van der Waals surface area contributed by atoms with Crippen molar-refractivity contribution in [1.82, 2.24) is 0 Å². The van der Waals surface area contributed by atoms with Crippen molar-refractivity contribution in [3.8, 4) is 5.75 Å². The zero-order chi connectivity index (χ0) is 11.1. The standard InChI is InChI=1S/C11H13NO3/c12-11(10(14)15)4-3-7-1-2-9(13)5-8(7)6-11/h1-2,5,13H,3-4,6,12H2,(H,14,15). The second-order valence-corrected chi connectivity index (χ2v) is 4.09. The zero-order valence-electron chi connectivity index (χ0n) is 8.23. The minimum Gasteiger partial charge on any atom is -0.508 e. The number of hydrogen-bond acceptors (Lipinski definition) is 3. The van der Waals surface area contributed by atoms with E-state index in [4.69, 9.17) is 10.8 Å². The maximum atomic E-state index is 11.0. The second kappa shape index (κ2) is 3.24. The molecule has 80 valence electrons. The summed E-state index contributed by atoms with van der Waals surface area (Å²) in [6.45, 7) is 0. The lowest BCUT2D eigenvalue weighted by Gasteiger charge is -2.30. The largest absolute Gasteiger partial charge is 0.508 e. The highest BCUT2D eigenvalue weighted by molar-refractivity contribution is 5.79. The van der Waals surface area contributed by atoms with Gasteiger partial charge in [-0.2, -0.15) is 0 Å². The van der Waals surface area contributed by atoms with Gasteiger partial charge in [-0.25, -0.2) is 0 Å². The van der Waals surface area contributed by atoms with Gasteiger partial charge < -0.3 is 15.9 Å². The van der Waals surface area contributed by atoms with Crippen LogP contribution in [-0.2, 0) is 17.6 Å². The van der Waals surface area contributed by atoms with E-state index >= 15 is 0 Å². The Morgan fingerprint density at radius 1 is 1.40 bits per heavy atom. The van der Waals surface area contributed by atoms with E-state index in [0.29, 0.717) is 12.8 Å². The third kappa shape index (κ3) is 1.68. The summed E-state index contributed by atoms with van der Waals surface area (Å²) in [5.74, 6) is -0.820. The topological polar surface area (TPSA) is 83.6 Å². The lowest BCUT2D eigenvalue weighted by Crippen LogP contribution is -2.52. The Morgan fingerprint density at radius 2 is 2.13 bits per heavy atom. The van der Waals surface area contributed by atoms with Crippen LogP contribution in [0.3, 0.4) is 0 Å². The van der Waals surface area contributed by atoms with Crippen LogP contribution in [0.1, 0.15) is 17.5 Å². The van der Waals surface area contributed by atoms with E-state index in [0.717, 1.165) is 11.1 Å². The Hall–Kier alpha value is -1.55. The highest BCUT2D eigenvalue weighted by Gasteiger charge is 2.37. The highest BCUT2D eigenvalue weighted by atomic mass is 16.4. The molecule has 0 amide bonds. The fourth-order valence-corrected chi connectivity index (χ4v) is 1.99. The molecule has 4 nitrogen and oxygen atoms in total. The molecule has 4 heteroatoms. The number of fused-ring (bicyclic) bond motifs is 1. The molecular formula is C11H13NO3. The number of nitrogens with two attached hydrogens (primary N) is 1. The highest BCUT2D eigenvalue weighted by Crippen LogP contribution is 2.29. The van der Waals surface area contributed by atoms with Crippen LogP contribution >= 0.6 is 0 Å². The average molecular weight is 207 g/mol. The molecule has 15 heavy (non-hydrogen) atoms. The van der Waals surface area contributed by atoms with Crippen LogP contribution in [0, 0.1) is 0 Å². The first-order valence-electron chi connectivity index (χ1n) is 4.84. The summed E-state index contributed by atoms with van der Waals surface area (Å²) in [6.07, 6.45) is 1.38. The van der Waals surface area contributed by atoms with Crippen LogP contribution in [-0.4, -0.2) is 21.7 Å². The van der Waals surface area contributed by atoms with Crippen molar-refractivity contribution in [2.45, 2.75) is 24.8 Å². The first-order chi connectivity index (χ1) is 7.01. The van der Waals surface area contributed by atoms with E-state index in [2.05, 4.69) is 0 Å². The Balaban J connectivity index is 2.37. The number of rotatable bonds is 1. The quantitative estimate of drug-likeness (QED) is 0.631. The van der Waals surface area contributed by atoms with E-state index in [1.54, 1.807) is 12.1 Å². The molecule has 0 bridgehead atoms. The van der Waals surface area contributed by atoms with Crippen LogP contribution in [0.5, 0.6) is 5.75 Å². The second-order valence-electron chi connectivity index (χ2n) is 4.09. The van der Waals surface area contributed by atoms with Gasteiger partial charge in [0.05, 0.1) is 0 Å². The summed E-state index contributed by atoms with van der Waals surface area (Å²) in [7, 11) is 0. The summed E-state index contributed by atoms with van der Waals surface area (Å²) >= 11 is 0. The number of benzene rings is 1. The van der Waals surface area contributed by atoms with Crippen LogP contribution < -0.4 is 5.73 Å². The van der Waals surface area contributed by atoms with Crippen molar-refractivity contribution >= 4 is 5.97 Å². The van der Waals surface area contributed by atoms with Crippen LogP contribution in [0.2, 0.25) is 0 Å². The molecule has 1 unspecified atom stereocenters. The normalized spacial score (nSPS) is 24.6. The Kier molecular flexibility index (Phi) is 2.16. The number of aryl methyl sites for hydroxylation is 1. The summed E-state index contributed by atoms with van der Waals surface area (Å²) in [5, 5.41) is 18.3. The minimum absolute atomic E-state index is 0.156. The average Bonchev–Trinajstić information content (AvgIpc) is 2.16. The van der Waals surface area contributed by atoms with E-state index in [9.17, 15) is 9.90 Å². The molecular weight excluding hydrogens is 194 g/mol. The monoisotopic (exact) mass is 207 g/mol. The summed E-state index contributed by atoms with van der Waals surface area (Å²) in [6, 6.07) is 5.04. The molecule has 0 radical (unpaired) electrons. The summed E-state index contributed by atoms with van der Waals surface area (Å²) in [5.41, 5.74) is 6.52. The van der Waals surface area contributed by atoms with Gasteiger partial charge in [0.25, 0.3) is 0 Å². The zero-order valence-corrected chi connectivity index (χ0v) is 8.23. The summed E-state index contributed by atoms with van der Waals surface area (Å²) < 4.78 is 0. The van der Waals surface area contributed by atoms with Gasteiger partial charge in [-0.15, -0.1) is 0 Å². The fourth-order valence-electron chi connectivity index (χ4n) is 1.99. The number of carboxylic acids is 1. The first-order valence-corrected chi connectivity index (χ1v) is 4.84. The molecule has 0 aromatic heterocycles. The van der Waals surface area contributed by atoms with Crippen molar-refractivity contribution in [2.75, 3.05) is 0 Å². The van der Waals surface area contributed by atoms with Crippen LogP contribution in [0.4, 0.5) is 0 Å². The van der Waals surface area contributed by atoms with Crippen LogP contribution in [0.25, 0.3) is 0 Å². The Labute approximate surface area is 87.3 Å². The number of carbonyl (C=O) groups is 1. The lowest BCUT2D eigenvalue weighted by atomic mass is 9.78. The molecule has 1 atom stereocenters. The summed E-state index contributed by atoms with van der Waals surface area (Å²) in [4.78, 5) is 11.0.